The number of allylic oxidation sites excluding steroid dienone is 1. The van der Waals surface area contributed by atoms with Gasteiger partial charge in [0.2, 0.25) is 0 Å². The number of unbranched alkanes of at least 4 members (excludes halogenated alkanes) is 10. The van der Waals surface area contributed by atoms with Crippen molar-refractivity contribution in [3.8, 4) is 0 Å². The van der Waals surface area contributed by atoms with Gasteiger partial charge in [-0.3, -0.25) is 9.59 Å². The molecule has 0 aromatic heterocycles. The minimum Gasteiger partial charge on any atom is -0.469 e. The van der Waals surface area contributed by atoms with Crippen LogP contribution in [0.4, 0.5) is 0 Å². The minimum atomic E-state index is -3.12. The van der Waals surface area contributed by atoms with Crippen molar-refractivity contribution in [3.63, 3.8) is 0 Å². The highest BCUT2D eigenvalue weighted by atomic mass is 28.5. The first-order valence-corrected chi connectivity index (χ1v) is 57.4. The van der Waals surface area contributed by atoms with E-state index in [9.17, 15) is 9.59 Å². The van der Waals surface area contributed by atoms with Crippen molar-refractivity contribution in [2.75, 3.05) is 40.3 Å². The van der Waals surface area contributed by atoms with Crippen LogP contribution in [0.3, 0.4) is 0 Å². The zero-order valence-corrected chi connectivity index (χ0v) is 64.4. The molecule has 0 aromatic rings. The quantitative estimate of drug-likeness (QED) is 0.0249. The lowest BCUT2D eigenvalue weighted by atomic mass is 10.1. The highest BCUT2D eigenvalue weighted by Crippen LogP contribution is 2.30. The molecular formula is C64H172O14Si10. The summed E-state index contributed by atoms with van der Waals surface area (Å²) >= 11 is 0. The number of carbonyl (C=O) groups excluding carboxylic acids is 2. The van der Waals surface area contributed by atoms with Crippen molar-refractivity contribution in [1.82, 2.24) is 0 Å². The molecule has 0 saturated carbocycles. The highest BCUT2D eigenvalue weighted by molar-refractivity contribution is 6.92. The van der Waals surface area contributed by atoms with E-state index in [4.69, 9.17) is 47.1 Å². The molecule has 0 aromatic carbocycles. The zero-order chi connectivity index (χ0) is 60.6. The molecule has 0 aliphatic rings. The predicted molar refractivity (Wildman–Crippen MR) is 430 cm³/mol. The van der Waals surface area contributed by atoms with Crippen LogP contribution in [0, 0.1) is 0 Å². The zero-order valence-electron chi connectivity index (χ0n) is 54.2. The lowest BCUT2D eigenvalue weighted by Crippen LogP contribution is -2.63. The second kappa shape index (κ2) is 69.7. The monoisotopic (exact) mass is 1450 g/mol. The summed E-state index contributed by atoms with van der Waals surface area (Å²) in [5.41, 5.74) is 0. The summed E-state index contributed by atoms with van der Waals surface area (Å²) in [4.78, 5) is 23.2. The molecule has 0 amide bonds. The van der Waals surface area contributed by atoms with E-state index in [-0.39, 0.29) is 107 Å². The van der Waals surface area contributed by atoms with Gasteiger partial charge in [0.15, 0.2) is 33.3 Å². The van der Waals surface area contributed by atoms with E-state index in [0.29, 0.717) is 25.9 Å². The standard InChI is InChI=1S/C21H54O8Si6.C12H22O2.C9H28O3Si4.C8H16O.C2H4.12CH4/c1-15-16-17-18-24-20-35(14,28-33(11,12)26-31(6,7)8)29-34(13,19-21(22)23-2)27-32(9,10)25-30(3,4)5;1-3-4-5-6-7-8-9-10-11-12(13)14-2;1-13(10-14(2,3)4)11-16(8,9)12-15(5,6)7;1-3-5-6-8-9-7-4-2;1-2;;;;;;;;;;;;/h15-20H2,1-14H3;3H,1,4-11H2,2H3;13H,1-9H3;4H,2-3,5-8H2,1H3;1-2H2;12*1H4. The first-order valence-electron chi connectivity index (χ1n) is 28.2. The maximum absolute atomic E-state index is 12.5. The van der Waals surface area contributed by atoms with Crippen molar-refractivity contribution >= 4 is 97.3 Å². The van der Waals surface area contributed by atoms with Gasteiger partial charge in [0, 0.05) is 19.6 Å². The molecule has 3 unspecified atom stereocenters. The maximum Gasteiger partial charge on any atom is 0.344 e. The topological polar surface area (TPSA) is 145 Å². The van der Waals surface area contributed by atoms with Crippen LogP contribution in [0.15, 0.2) is 38.5 Å². The summed E-state index contributed by atoms with van der Waals surface area (Å²) < 4.78 is 72.3. The second-order valence-corrected chi connectivity index (χ2v) is 62.8. The first kappa shape index (κ1) is 132. The fourth-order valence-corrected chi connectivity index (χ4v) is 50.4. The van der Waals surface area contributed by atoms with Crippen LogP contribution < -0.4 is 0 Å². The Hall–Kier alpha value is -0.0712. The number of hydrogen-bond acceptors (Lipinski definition) is 14. The Kier molecular flexibility index (Phi) is 105. The Morgan fingerprint density at radius 1 is 0.398 bits per heavy atom. The second-order valence-electron chi connectivity index (χ2n) is 24.4. The number of carbonyl (C=O) groups is 2. The summed E-state index contributed by atoms with van der Waals surface area (Å²) in [6.45, 7) is 64.4. The minimum absolute atomic E-state index is 0. The molecular weight excluding hydrogens is 1270 g/mol. The molecule has 24 heteroatoms. The third-order valence-electron chi connectivity index (χ3n) is 9.32. The third-order valence-corrected chi connectivity index (χ3v) is 42.8. The Balaban J connectivity index is -0.0000000539. The lowest BCUT2D eigenvalue weighted by Gasteiger charge is -2.44. The molecule has 14 nitrogen and oxygen atoms in total. The van der Waals surface area contributed by atoms with Crippen molar-refractivity contribution in [1.29, 1.82) is 0 Å². The van der Waals surface area contributed by atoms with Gasteiger partial charge in [0.25, 0.3) is 9.28 Å². The van der Waals surface area contributed by atoms with Gasteiger partial charge in [0.1, 0.15) is 0 Å². The molecule has 0 bridgehead atoms. The lowest BCUT2D eigenvalue weighted by molar-refractivity contribution is -0.141. The van der Waals surface area contributed by atoms with Crippen molar-refractivity contribution in [3.05, 3.63) is 38.5 Å². The highest BCUT2D eigenvalue weighted by Gasteiger charge is 2.52. The van der Waals surface area contributed by atoms with E-state index in [1.807, 2.05) is 32.3 Å². The first-order chi connectivity index (χ1) is 34.6. The smallest absolute Gasteiger partial charge is 0.344 e. The maximum atomic E-state index is 12.5. The largest absolute Gasteiger partial charge is 0.469 e. The number of hydrogen-bond donors (Lipinski definition) is 0. The van der Waals surface area contributed by atoms with E-state index in [1.165, 1.54) is 59.2 Å². The molecule has 0 saturated heterocycles. The molecule has 0 heterocycles. The Morgan fingerprint density at radius 2 is 0.750 bits per heavy atom. The van der Waals surface area contributed by atoms with Gasteiger partial charge in [-0.2, -0.15) is 0 Å². The van der Waals surface area contributed by atoms with Crippen LogP contribution in [-0.4, -0.2) is 138 Å². The molecule has 0 radical (unpaired) electrons. The predicted octanol–water partition coefficient (Wildman–Crippen LogP) is 23.7. The Morgan fingerprint density at radius 3 is 1.09 bits per heavy atom. The molecule has 3 atom stereocenters. The Bertz CT molecular complexity index is 1480. The van der Waals surface area contributed by atoms with Crippen LogP contribution in [0.25, 0.3) is 0 Å². The average molecular weight is 1450 g/mol. The number of rotatable bonds is 39. The van der Waals surface area contributed by atoms with Crippen molar-refractivity contribution in [2.45, 2.75) is 336 Å². The average Bonchev–Trinajstić information content (AvgIpc) is 3.21. The fourth-order valence-electron chi connectivity index (χ4n) is 7.90. The van der Waals surface area contributed by atoms with Gasteiger partial charge in [0.05, 0.1) is 33.1 Å². The van der Waals surface area contributed by atoms with Crippen LogP contribution in [-0.2, 0) is 61.5 Å². The van der Waals surface area contributed by atoms with Crippen LogP contribution >= 0.6 is 0 Å². The van der Waals surface area contributed by atoms with E-state index in [2.05, 4.69) is 156 Å². The van der Waals surface area contributed by atoms with Crippen LogP contribution in [0.5, 0.6) is 0 Å². The number of ether oxygens (including phenoxy) is 4. The summed E-state index contributed by atoms with van der Waals surface area (Å²) in [7, 11) is -18.6. The molecule has 0 aliphatic heterocycles. The van der Waals surface area contributed by atoms with Gasteiger partial charge in [-0.05, 0) is 170 Å². The fraction of sp³-hybridized carbons (Fsp3) is 0.875. The normalized spacial score (nSPS) is 12.3. The van der Waals surface area contributed by atoms with E-state index < -0.39 is 85.4 Å². The van der Waals surface area contributed by atoms with Crippen LogP contribution in [0.1, 0.15) is 193 Å². The number of methoxy groups -OCH3 is 2. The summed E-state index contributed by atoms with van der Waals surface area (Å²) in [5, 5.41) is 0. The molecule has 0 aliphatic carbocycles. The summed E-state index contributed by atoms with van der Waals surface area (Å²) in [6, 6.07) is 0.0631. The van der Waals surface area contributed by atoms with Gasteiger partial charge < -0.3 is 51.9 Å². The van der Waals surface area contributed by atoms with Crippen molar-refractivity contribution < 1.29 is 61.5 Å². The van der Waals surface area contributed by atoms with Crippen LogP contribution in [0.2, 0.25) is 144 Å². The molecule has 88 heavy (non-hydrogen) atoms. The molecule has 0 fully saturated rings. The van der Waals surface area contributed by atoms with E-state index in [1.54, 1.807) is 6.08 Å². The Labute approximate surface area is 570 Å². The summed E-state index contributed by atoms with van der Waals surface area (Å²) in [5.74, 6) is -0.441. The van der Waals surface area contributed by atoms with Gasteiger partial charge >= 0.3 is 54.7 Å². The molecule has 0 N–H and O–H groups in total. The van der Waals surface area contributed by atoms with E-state index in [0.717, 1.165) is 45.1 Å². The molecule has 0 rings (SSSR count). The number of esters is 2. The summed E-state index contributed by atoms with van der Waals surface area (Å²) in [6.07, 6.45) is 19.9. The van der Waals surface area contributed by atoms with Gasteiger partial charge in [-0.25, -0.2) is 0 Å². The van der Waals surface area contributed by atoms with Gasteiger partial charge in [-0.15, -0.1) is 26.3 Å². The third kappa shape index (κ3) is 99.5. The molecule has 552 valence electrons. The van der Waals surface area contributed by atoms with Gasteiger partial charge in [-0.1, -0.05) is 166 Å². The molecule has 0 spiro atoms. The SMILES string of the molecule is C.C.C.C.C.C.C.C.C.C.C.C.C=C.C=CCCCCCCCCC(=O)OC.C=CCOCCCCC.CCCCCOC[Si](C)(O[Si](C)(C)O[Si](C)(C)C)O[Si](C)(CC(=O)OC)O[Si](C)(C)O[Si](C)(C)C.C[SiH](O[Si](C)(C)C)O[Si](C)(C)O[Si](C)(C)C. The van der Waals surface area contributed by atoms with E-state index >= 15 is 0 Å². The van der Waals surface area contributed by atoms with Crippen molar-refractivity contribution in [2.24, 2.45) is 0 Å².